The molecule has 2 aliphatic rings. The molecule has 3 heterocycles. The number of likely N-dealkylation sites (tertiary alicyclic amines) is 1. The molecule has 2 aromatic heterocycles. The average Bonchev–Trinajstić information content (AvgIpc) is 3.24. The van der Waals surface area contributed by atoms with E-state index in [0.717, 1.165) is 36.2 Å². The summed E-state index contributed by atoms with van der Waals surface area (Å²) in [6.07, 6.45) is 7.85. The normalized spacial score (nSPS) is 21.2. The van der Waals surface area contributed by atoms with Crippen molar-refractivity contribution in [1.82, 2.24) is 25.0 Å². The predicted octanol–water partition coefficient (Wildman–Crippen LogP) is 4.06. The van der Waals surface area contributed by atoms with Crippen molar-refractivity contribution in [3.63, 3.8) is 0 Å². The highest BCUT2D eigenvalue weighted by Crippen LogP contribution is 2.38. The molecular weight excluding hydrogens is 326 g/mol. The van der Waals surface area contributed by atoms with Crippen LogP contribution in [0.3, 0.4) is 0 Å². The maximum absolute atomic E-state index is 5.49. The quantitative estimate of drug-likeness (QED) is 0.752. The van der Waals surface area contributed by atoms with Crippen molar-refractivity contribution in [3.8, 4) is 11.3 Å². The molecule has 1 aromatic carbocycles. The van der Waals surface area contributed by atoms with Crippen molar-refractivity contribution in [3.05, 3.63) is 54.1 Å². The Labute approximate surface area is 152 Å². The number of nitrogens with zero attached hydrogens (tertiary/aromatic N) is 4. The lowest BCUT2D eigenvalue weighted by molar-refractivity contribution is 0.118. The minimum absolute atomic E-state index is 0.275. The third kappa shape index (κ3) is 3.17. The van der Waals surface area contributed by atoms with Crippen LogP contribution in [-0.2, 0) is 6.54 Å². The Morgan fingerprint density at radius 1 is 1.12 bits per heavy atom. The molecule has 1 saturated heterocycles. The van der Waals surface area contributed by atoms with Crippen LogP contribution >= 0.6 is 0 Å². The largest absolute Gasteiger partial charge is 0.341 e. The molecule has 6 heteroatoms. The lowest BCUT2D eigenvalue weighted by atomic mass is 10.0. The summed E-state index contributed by atoms with van der Waals surface area (Å²) in [6, 6.07) is 10.6. The lowest BCUT2D eigenvalue weighted by Gasteiger charge is -2.33. The number of rotatable bonds is 5. The van der Waals surface area contributed by atoms with Crippen LogP contribution in [0.15, 0.2) is 41.1 Å². The smallest absolute Gasteiger partial charge is 0.240 e. The second-order valence-electron chi connectivity index (χ2n) is 7.35. The first-order valence-electron chi connectivity index (χ1n) is 9.53. The van der Waals surface area contributed by atoms with Crippen molar-refractivity contribution in [2.24, 2.45) is 0 Å². The first kappa shape index (κ1) is 15.8. The van der Waals surface area contributed by atoms with Crippen molar-refractivity contribution in [2.75, 3.05) is 6.54 Å². The van der Waals surface area contributed by atoms with Crippen LogP contribution in [0.2, 0.25) is 0 Å². The maximum Gasteiger partial charge on any atom is 0.240 e. The number of aromatic amines is 1. The summed E-state index contributed by atoms with van der Waals surface area (Å²) in [5, 5.41) is 4.15. The van der Waals surface area contributed by atoms with E-state index in [2.05, 4.69) is 49.3 Å². The summed E-state index contributed by atoms with van der Waals surface area (Å²) in [5.74, 6) is 3.18. The molecule has 1 aliphatic carbocycles. The van der Waals surface area contributed by atoms with E-state index in [9.17, 15) is 0 Å². The number of nitrogens with one attached hydrogen (secondary N) is 1. The van der Waals surface area contributed by atoms with Gasteiger partial charge in [0.2, 0.25) is 5.89 Å². The standard InChI is InChI=1S/C20H23N5O/c1-2-6-14(7-3-1)16-12-21-20(22-16)17-8-4-5-11-25(17)13-18-23-19(24-26-18)15-9-10-15/h1-3,6-7,12,15,17H,4-5,8-11,13H2,(H,21,22)/t17-/m1/s1. The predicted molar refractivity (Wildman–Crippen MR) is 97.3 cm³/mol. The van der Waals surface area contributed by atoms with Gasteiger partial charge < -0.3 is 9.51 Å². The zero-order valence-electron chi connectivity index (χ0n) is 14.8. The fraction of sp³-hybridized carbons (Fsp3) is 0.450. The van der Waals surface area contributed by atoms with E-state index in [-0.39, 0.29) is 6.04 Å². The molecule has 0 bridgehead atoms. The number of imidazole rings is 1. The second kappa shape index (κ2) is 6.68. The van der Waals surface area contributed by atoms with Gasteiger partial charge in [-0.1, -0.05) is 41.9 Å². The molecule has 2 fully saturated rings. The van der Waals surface area contributed by atoms with E-state index in [1.54, 1.807) is 0 Å². The van der Waals surface area contributed by atoms with Gasteiger partial charge in [0.15, 0.2) is 5.82 Å². The molecular formula is C20H23N5O. The minimum Gasteiger partial charge on any atom is -0.341 e. The lowest BCUT2D eigenvalue weighted by Crippen LogP contribution is -2.33. The fourth-order valence-corrected chi connectivity index (χ4v) is 3.77. The molecule has 0 radical (unpaired) electrons. The van der Waals surface area contributed by atoms with Crippen molar-refractivity contribution < 1.29 is 4.52 Å². The van der Waals surface area contributed by atoms with Crippen LogP contribution in [0.1, 0.15) is 61.6 Å². The zero-order chi connectivity index (χ0) is 17.3. The molecule has 0 unspecified atom stereocenters. The van der Waals surface area contributed by atoms with E-state index in [0.29, 0.717) is 12.5 Å². The van der Waals surface area contributed by atoms with E-state index >= 15 is 0 Å². The van der Waals surface area contributed by atoms with Crippen LogP contribution in [0.4, 0.5) is 0 Å². The van der Waals surface area contributed by atoms with Gasteiger partial charge >= 0.3 is 0 Å². The van der Waals surface area contributed by atoms with Gasteiger partial charge in [-0.15, -0.1) is 0 Å². The SMILES string of the molecule is c1ccc(-c2cnc([C@H]3CCCCN3Cc3nc(C4CC4)no3)[nH]2)cc1. The number of piperidine rings is 1. The number of aromatic nitrogens is 4. The number of H-pyrrole nitrogens is 1. The number of hydrogen-bond donors (Lipinski definition) is 1. The van der Waals surface area contributed by atoms with E-state index in [1.165, 1.54) is 31.2 Å². The third-order valence-electron chi connectivity index (χ3n) is 5.37. The Morgan fingerprint density at radius 3 is 2.85 bits per heavy atom. The molecule has 5 rings (SSSR count). The first-order valence-corrected chi connectivity index (χ1v) is 9.53. The molecule has 1 saturated carbocycles. The van der Waals surface area contributed by atoms with Gasteiger partial charge in [-0.2, -0.15) is 4.98 Å². The van der Waals surface area contributed by atoms with E-state index in [1.807, 2.05) is 12.3 Å². The van der Waals surface area contributed by atoms with Gasteiger partial charge in [0, 0.05) is 5.92 Å². The summed E-state index contributed by atoms with van der Waals surface area (Å²) < 4.78 is 5.49. The molecule has 3 aromatic rings. The van der Waals surface area contributed by atoms with Crippen LogP contribution in [0, 0.1) is 0 Å². The Kier molecular flexibility index (Phi) is 4.05. The highest BCUT2D eigenvalue weighted by atomic mass is 16.5. The monoisotopic (exact) mass is 349 g/mol. The van der Waals surface area contributed by atoms with Crippen LogP contribution < -0.4 is 0 Å². The molecule has 1 atom stereocenters. The number of hydrogen-bond acceptors (Lipinski definition) is 5. The highest BCUT2D eigenvalue weighted by Gasteiger charge is 2.31. The highest BCUT2D eigenvalue weighted by molar-refractivity contribution is 5.58. The summed E-state index contributed by atoms with van der Waals surface area (Å²) in [6.45, 7) is 1.74. The van der Waals surface area contributed by atoms with Crippen molar-refractivity contribution in [2.45, 2.75) is 50.6 Å². The van der Waals surface area contributed by atoms with Gasteiger partial charge in [-0.05, 0) is 37.8 Å². The van der Waals surface area contributed by atoms with E-state index in [4.69, 9.17) is 4.52 Å². The van der Waals surface area contributed by atoms with Crippen LogP contribution in [0.5, 0.6) is 0 Å². The topological polar surface area (TPSA) is 70.8 Å². The van der Waals surface area contributed by atoms with Crippen molar-refractivity contribution in [1.29, 1.82) is 0 Å². The first-order chi connectivity index (χ1) is 12.9. The van der Waals surface area contributed by atoms with Gasteiger partial charge in [0.05, 0.1) is 24.5 Å². The average molecular weight is 349 g/mol. The Balaban J connectivity index is 1.35. The molecule has 26 heavy (non-hydrogen) atoms. The van der Waals surface area contributed by atoms with Gasteiger partial charge in [-0.25, -0.2) is 4.98 Å². The fourth-order valence-electron chi connectivity index (χ4n) is 3.77. The molecule has 134 valence electrons. The summed E-state index contributed by atoms with van der Waals surface area (Å²) >= 11 is 0. The molecule has 0 spiro atoms. The maximum atomic E-state index is 5.49. The summed E-state index contributed by atoms with van der Waals surface area (Å²) in [4.78, 5) is 15.2. The van der Waals surface area contributed by atoms with Crippen LogP contribution in [-0.4, -0.2) is 31.6 Å². The molecule has 1 aliphatic heterocycles. The Bertz CT molecular complexity index is 867. The molecule has 6 nitrogen and oxygen atoms in total. The molecule has 0 amide bonds. The summed E-state index contributed by atoms with van der Waals surface area (Å²) in [5.41, 5.74) is 2.24. The van der Waals surface area contributed by atoms with E-state index < -0.39 is 0 Å². The second-order valence-corrected chi connectivity index (χ2v) is 7.35. The van der Waals surface area contributed by atoms with Crippen LogP contribution in [0.25, 0.3) is 11.3 Å². The zero-order valence-corrected chi connectivity index (χ0v) is 14.8. The third-order valence-corrected chi connectivity index (χ3v) is 5.37. The minimum atomic E-state index is 0.275. The van der Waals surface area contributed by atoms with Crippen molar-refractivity contribution >= 4 is 0 Å². The van der Waals surface area contributed by atoms with Gasteiger partial charge in [0.1, 0.15) is 5.82 Å². The van der Waals surface area contributed by atoms with Gasteiger partial charge in [-0.3, -0.25) is 4.90 Å². The number of benzene rings is 1. The Morgan fingerprint density at radius 2 is 2.00 bits per heavy atom. The molecule has 1 N–H and O–H groups in total. The van der Waals surface area contributed by atoms with Gasteiger partial charge in [0.25, 0.3) is 0 Å². The summed E-state index contributed by atoms with van der Waals surface area (Å²) in [7, 11) is 0. The Hall–Kier alpha value is -2.47.